The standard InChI is InChI=1S/C22H29N3O2/c1-14-11-15-5-3-9-24-20(23-2)25-10-4-7-21(13-25)17(15)12-18-16(19(26)27)6-8-22(14,18)21/h14-15,17H,4,6-13H2,1-2H3,(H,23,24)(H,26,27). The van der Waals surface area contributed by atoms with Gasteiger partial charge in [0, 0.05) is 23.8 Å². The van der Waals surface area contributed by atoms with Crippen LogP contribution < -0.4 is 15.3 Å². The second kappa shape index (κ2) is 5.85. The van der Waals surface area contributed by atoms with Gasteiger partial charge in [-0.3, -0.25) is 4.90 Å². The normalized spacial score (nSPS) is 46.4. The van der Waals surface area contributed by atoms with Gasteiger partial charge in [0.2, 0.25) is 0 Å². The lowest BCUT2D eigenvalue weighted by Gasteiger charge is -2.58. The van der Waals surface area contributed by atoms with Crippen LogP contribution in [-0.2, 0) is 4.79 Å². The molecule has 6 unspecified atom stereocenters. The number of quaternary nitrogens is 1. The number of aliphatic carboxylic acids is 1. The van der Waals surface area contributed by atoms with Gasteiger partial charge >= 0.3 is 0 Å². The highest BCUT2D eigenvalue weighted by Gasteiger charge is 2.71. The summed E-state index contributed by atoms with van der Waals surface area (Å²) < 4.78 is 0. The van der Waals surface area contributed by atoms with Crippen LogP contribution in [0.4, 0.5) is 0 Å². The second-order valence-corrected chi connectivity index (χ2v) is 9.31. The number of carboxylic acid groups (broad SMARTS) is 1. The molecule has 2 aliphatic heterocycles. The van der Waals surface area contributed by atoms with Gasteiger partial charge in [-0.25, -0.2) is 4.99 Å². The molecule has 1 saturated heterocycles. The fourth-order valence-electron chi connectivity index (χ4n) is 7.93. The molecule has 3 fully saturated rings. The van der Waals surface area contributed by atoms with Crippen molar-refractivity contribution >= 4 is 11.9 Å². The molecule has 2 N–H and O–H groups in total. The molecule has 2 heterocycles. The van der Waals surface area contributed by atoms with Gasteiger partial charge in [-0.15, -0.1) is 0 Å². The van der Waals surface area contributed by atoms with Crippen molar-refractivity contribution < 1.29 is 14.8 Å². The van der Waals surface area contributed by atoms with Gasteiger partial charge in [0.05, 0.1) is 25.6 Å². The molecule has 5 nitrogen and oxygen atoms in total. The average molecular weight is 367 g/mol. The summed E-state index contributed by atoms with van der Waals surface area (Å²) in [5, 5.41) is 15.4. The first kappa shape index (κ1) is 17.3. The van der Waals surface area contributed by atoms with Crippen molar-refractivity contribution in [1.29, 1.82) is 0 Å². The molecule has 0 amide bonds. The SMILES string of the molecule is CN=C1NCC#CC2CC(C)C34CCC(C(=O)[O-])=C3CC2C42CCC[NH+]1C2. The van der Waals surface area contributed by atoms with E-state index < -0.39 is 5.97 Å². The zero-order valence-electron chi connectivity index (χ0n) is 16.4. The molecule has 5 bridgehead atoms. The molecule has 0 radical (unpaired) electrons. The Morgan fingerprint density at radius 3 is 3.04 bits per heavy atom. The third kappa shape index (κ3) is 2.05. The van der Waals surface area contributed by atoms with Gasteiger partial charge in [0.15, 0.2) is 0 Å². The minimum absolute atomic E-state index is 0.0367. The van der Waals surface area contributed by atoms with Crippen LogP contribution >= 0.6 is 0 Å². The zero-order chi connectivity index (χ0) is 18.8. The molecular formula is C22H29N3O2. The zero-order valence-corrected chi connectivity index (χ0v) is 16.4. The van der Waals surface area contributed by atoms with E-state index in [-0.39, 0.29) is 10.8 Å². The lowest BCUT2D eigenvalue weighted by Crippen LogP contribution is -3.19. The van der Waals surface area contributed by atoms with Crippen molar-refractivity contribution in [2.24, 2.45) is 33.6 Å². The first-order valence-corrected chi connectivity index (χ1v) is 10.5. The van der Waals surface area contributed by atoms with E-state index in [1.54, 1.807) is 0 Å². The minimum Gasteiger partial charge on any atom is -0.545 e. The Hall–Kier alpha value is -1.80. The van der Waals surface area contributed by atoms with E-state index in [9.17, 15) is 9.90 Å². The van der Waals surface area contributed by atoms with E-state index in [0.717, 1.165) is 38.3 Å². The maximum absolute atomic E-state index is 11.9. The van der Waals surface area contributed by atoms with Gasteiger partial charge < -0.3 is 15.2 Å². The monoisotopic (exact) mass is 367 g/mol. The van der Waals surface area contributed by atoms with Crippen molar-refractivity contribution in [2.45, 2.75) is 45.4 Å². The largest absolute Gasteiger partial charge is 0.545 e. The Morgan fingerprint density at radius 2 is 2.26 bits per heavy atom. The van der Waals surface area contributed by atoms with E-state index in [0.29, 0.717) is 36.3 Å². The van der Waals surface area contributed by atoms with Crippen molar-refractivity contribution in [3.8, 4) is 11.8 Å². The van der Waals surface area contributed by atoms with E-state index in [1.165, 1.54) is 23.3 Å². The number of nitrogens with zero attached hydrogens (tertiary/aromatic N) is 1. The van der Waals surface area contributed by atoms with Crippen molar-refractivity contribution in [2.75, 3.05) is 26.7 Å². The lowest BCUT2D eigenvalue weighted by atomic mass is 9.47. The Bertz CT molecular complexity index is 819. The molecule has 27 heavy (non-hydrogen) atoms. The summed E-state index contributed by atoms with van der Waals surface area (Å²) in [6.45, 7) is 5.18. The highest BCUT2D eigenvalue weighted by Crippen LogP contribution is 2.75. The Morgan fingerprint density at radius 1 is 1.41 bits per heavy atom. The molecule has 5 heteroatoms. The maximum Gasteiger partial charge on any atom is 0.296 e. The van der Waals surface area contributed by atoms with E-state index in [2.05, 4.69) is 29.1 Å². The van der Waals surface area contributed by atoms with Crippen molar-refractivity contribution in [1.82, 2.24) is 5.32 Å². The molecular weight excluding hydrogens is 338 g/mol. The quantitative estimate of drug-likeness (QED) is 0.628. The predicted octanol–water partition coefficient (Wildman–Crippen LogP) is -0.253. The second-order valence-electron chi connectivity index (χ2n) is 9.31. The summed E-state index contributed by atoms with van der Waals surface area (Å²) in [6.07, 6.45) is 6.08. The number of rotatable bonds is 1. The third-order valence-corrected chi connectivity index (χ3v) is 8.70. The van der Waals surface area contributed by atoms with Gasteiger partial charge in [-0.2, -0.15) is 0 Å². The van der Waals surface area contributed by atoms with Crippen LogP contribution in [-0.4, -0.2) is 38.6 Å². The van der Waals surface area contributed by atoms with E-state index in [4.69, 9.17) is 0 Å². The highest BCUT2D eigenvalue weighted by atomic mass is 16.4. The summed E-state index contributed by atoms with van der Waals surface area (Å²) in [5.74, 6) is 8.40. The number of aliphatic imine (C=N–C) groups is 1. The number of guanidine groups is 1. The number of carbonyl (C=O) groups is 1. The summed E-state index contributed by atoms with van der Waals surface area (Å²) in [5.41, 5.74) is 2.06. The first-order chi connectivity index (χ1) is 13.0. The Balaban J connectivity index is 1.73. The predicted molar refractivity (Wildman–Crippen MR) is 101 cm³/mol. The van der Waals surface area contributed by atoms with Gasteiger partial charge in [-0.1, -0.05) is 24.3 Å². The summed E-state index contributed by atoms with van der Waals surface area (Å²) in [7, 11) is 1.87. The molecule has 3 aliphatic carbocycles. The third-order valence-electron chi connectivity index (χ3n) is 8.70. The molecule has 6 atom stereocenters. The number of hydrogen-bond donors (Lipinski definition) is 2. The maximum atomic E-state index is 11.9. The number of carboxylic acids is 1. The van der Waals surface area contributed by atoms with Gasteiger partial charge in [0.1, 0.15) is 0 Å². The topological polar surface area (TPSA) is 69.0 Å². The number of nitrogens with one attached hydrogen (secondary N) is 2. The van der Waals surface area contributed by atoms with Crippen LogP contribution in [0.3, 0.4) is 0 Å². The molecule has 0 aromatic rings. The Labute approximate surface area is 161 Å². The van der Waals surface area contributed by atoms with Crippen LogP contribution in [0.1, 0.15) is 45.4 Å². The lowest BCUT2D eigenvalue weighted by molar-refractivity contribution is -0.827. The number of allylic oxidation sites excluding steroid dienone is 1. The van der Waals surface area contributed by atoms with Crippen LogP contribution in [0.2, 0.25) is 0 Å². The molecule has 2 saturated carbocycles. The summed E-state index contributed by atoms with van der Waals surface area (Å²) >= 11 is 0. The first-order valence-electron chi connectivity index (χ1n) is 10.5. The van der Waals surface area contributed by atoms with E-state index >= 15 is 0 Å². The summed E-state index contributed by atoms with van der Waals surface area (Å²) in [6, 6.07) is 0. The van der Waals surface area contributed by atoms with Crippen LogP contribution in [0.15, 0.2) is 16.1 Å². The smallest absolute Gasteiger partial charge is 0.296 e. The van der Waals surface area contributed by atoms with Crippen molar-refractivity contribution in [3.05, 3.63) is 11.1 Å². The molecule has 144 valence electrons. The fourth-order valence-corrected chi connectivity index (χ4v) is 7.93. The number of piperidine rings is 1. The number of hydrogen-bond acceptors (Lipinski definition) is 3. The molecule has 5 aliphatic rings. The van der Waals surface area contributed by atoms with Gasteiger partial charge in [0.25, 0.3) is 5.96 Å². The molecule has 0 aromatic heterocycles. The highest BCUT2D eigenvalue weighted by molar-refractivity contribution is 5.87. The van der Waals surface area contributed by atoms with Crippen molar-refractivity contribution in [3.63, 3.8) is 0 Å². The van der Waals surface area contributed by atoms with Crippen LogP contribution in [0, 0.1) is 40.4 Å². The number of fused-ring (bicyclic) bond motifs is 1. The Kier molecular flexibility index (Phi) is 3.75. The summed E-state index contributed by atoms with van der Waals surface area (Å²) in [4.78, 5) is 17.9. The van der Waals surface area contributed by atoms with Crippen LogP contribution in [0.5, 0.6) is 0 Å². The minimum atomic E-state index is -0.929. The average Bonchev–Trinajstić information content (AvgIpc) is 3.11. The van der Waals surface area contributed by atoms with E-state index in [1.807, 2.05) is 7.05 Å². The van der Waals surface area contributed by atoms with Crippen LogP contribution in [0.25, 0.3) is 0 Å². The number of carbonyl (C=O) groups excluding carboxylic acids is 1. The molecule has 5 rings (SSSR count). The fraction of sp³-hybridized carbons (Fsp3) is 0.727. The van der Waals surface area contributed by atoms with Gasteiger partial charge in [-0.05, 0) is 55.9 Å². The molecule has 2 spiro atoms. The molecule has 0 aromatic carbocycles.